The summed E-state index contributed by atoms with van der Waals surface area (Å²) in [7, 11) is 0. The summed E-state index contributed by atoms with van der Waals surface area (Å²) >= 11 is 0. The summed E-state index contributed by atoms with van der Waals surface area (Å²) in [6, 6.07) is 9.40. The van der Waals surface area contributed by atoms with Gasteiger partial charge in [0.2, 0.25) is 0 Å². The van der Waals surface area contributed by atoms with E-state index in [2.05, 4.69) is 43.4 Å². The molecule has 76 valence electrons. The average molecular weight is 189 g/mol. The topological polar surface area (TPSA) is 12.0 Å². The Hall–Kier alpha value is -0.980. The zero-order valence-corrected chi connectivity index (χ0v) is 9.09. The second kappa shape index (κ2) is 4.04. The first-order valence-electron chi connectivity index (χ1n) is 5.65. The lowest BCUT2D eigenvalue weighted by Crippen LogP contribution is -2.17. The normalized spacial score (nSPS) is 17.9. The third-order valence-corrected chi connectivity index (χ3v) is 3.06. The van der Waals surface area contributed by atoms with Crippen LogP contribution in [0.2, 0.25) is 0 Å². The average Bonchev–Trinajstić information content (AvgIpc) is 3.01. The Morgan fingerprint density at radius 3 is 2.86 bits per heavy atom. The van der Waals surface area contributed by atoms with Gasteiger partial charge in [0.25, 0.3) is 0 Å². The summed E-state index contributed by atoms with van der Waals surface area (Å²) < 4.78 is 0. The molecule has 0 amide bonds. The van der Waals surface area contributed by atoms with E-state index in [1.807, 2.05) is 0 Å². The van der Waals surface area contributed by atoms with Gasteiger partial charge in [-0.2, -0.15) is 0 Å². The van der Waals surface area contributed by atoms with Gasteiger partial charge in [0, 0.05) is 11.7 Å². The van der Waals surface area contributed by atoms with Crippen molar-refractivity contribution in [1.29, 1.82) is 0 Å². The van der Waals surface area contributed by atoms with E-state index >= 15 is 0 Å². The van der Waals surface area contributed by atoms with Gasteiger partial charge in [0.05, 0.1) is 0 Å². The maximum Gasteiger partial charge on any atom is 0.0345 e. The number of hydrogen-bond acceptors (Lipinski definition) is 1. The van der Waals surface area contributed by atoms with Crippen molar-refractivity contribution in [3.8, 4) is 0 Å². The Labute approximate surface area is 86.5 Å². The molecule has 1 atom stereocenters. The van der Waals surface area contributed by atoms with Crippen molar-refractivity contribution in [2.45, 2.75) is 39.2 Å². The fraction of sp³-hybridized carbons (Fsp3) is 0.538. The van der Waals surface area contributed by atoms with Gasteiger partial charge in [0.15, 0.2) is 0 Å². The first-order valence-corrected chi connectivity index (χ1v) is 5.65. The lowest BCUT2D eigenvalue weighted by Gasteiger charge is -2.14. The molecule has 1 N–H and O–H groups in total. The fourth-order valence-corrected chi connectivity index (χ4v) is 1.86. The number of aryl methyl sites for hydroxylation is 1. The van der Waals surface area contributed by atoms with Crippen LogP contribution in [0, 0.1) is 5.92 Å². The molecule has 0 aromatic heterocycles. The van der Waals surface area contributed by atoms with E-state index in [0.29, 0.717) is 6.04 Å². The van der Waals surface area contributed by atoms with E-state index in [-0.39, 0.29) is 0 Å². The van der Waals surface area contributed by atoms with Crippen LogP contribution in [0.5, 0.6) is 0 Å². The van der Waals surface area contributed by atoms with E-state index in [4.69, 9.17) is 0 Å². The summed E-state index contributed by atoms with van der Waals surface area (Å²) in [6.07, 6.45) is 3.93. The maximum absolute atomic E-state index is 3.58. The highest BCUT2D eigenvalue weighted by molar-refractivity contribution is 5.46. The van der Waals surface area contributed by atoms with Crippen molar-refractivity contribution >= 4 is 5.69 Å². The predicted octanol–water partition coefficient (Wildman–Crippen LogP) is 3.46. The smallest absolute Gasteiger partial charge is 0.0345 e. The number of nitrogens with one attached hydrogen (secondary N) is 1. The molecule has 1 aromatic carbocycles. The van der Waals surface area contributed by atoms with Crippen LogP contribution >= 0.6 is 0 Å². The minimum absolute atomic E-state index is 0.641. The van der Waals surface area contributed by atoms with Crippen molar-refractivity contribution < 1.29 is 0 Å². The summed E-state index contributed by atoms with van der Waals surface area (Å²) in [5.41, 5.74) is 2.70. The van der Waals surface area contributed by atoms with Crippen LogP contribution in [0.1, 0.15) is 32.3 Å². The number of hydrogen-bond donors (Lipinski definition) is 1. The fourth-order valence-electron chi connectivity index (χ4n) is 1.86. The van der Waals surface area contributed by atoms with Gasteiger partial charge in [-0.1, -0.05) is 19.1 Å². The minimum Gasteiger partial charge on any atom is -0.382 e. The molecule has 0 spiro atoms. The Morgan fingerprint density at radius 1 is 1.43 bits per heavy atom. The van der Waals surface area contributed by atoms with Crippen LogP contribution in [-0.2, 0) is 6.42 Å². The first kappa shape index (κ1) is 9.57. The van der Waals surface area contributed by atoms with Crippen LogP contribution in [0.3, 0.4) is 0 Å². The molecule has 1 aromatic rings. The molecule has 1 aliphatic rings. The SMILES string of the molecule is CCc1cccc(N[C@@H](C)C2CC2)c1. The summed E-state index contributed by atoms with van der Waals surface area (Å²) in [4.78, 5) is 0. The highest BCUT2D eigenvalue weighted by Gasteiger charge is 2.27. The monoisotopic (exact) mass is 189 g/mol. The molecule has 0 radical (unpaired) electrons. The van der Waals surface area contributed by atoms with Gasteiger partial charge < -0.3 is 5.32 Å². The van der Waals surface area contributed by atoms with Crippen LogP contribution in [-0.4, -0.2) is 6.04 Å². The standard InChI is InChI=1S/C13H19N/c1-3-11-5-4-6-13(9-11)14-10(2)12-7-8-12/h4-6,9-10,12,14H,3,7-8H2,1-2H3/t10-/m0/s1. The summed E-state index contributed by atoms with van der Waals surface area (Å²) in [5, 5.41) is 3.58. The number of benzene rings is 1. The Balaban J connectivity index is 2.00. The van der Waals surface area contributed by atoms with Crippen LogP contribution in [0.25, 0.3) is 0 Å². The molecule has 1 aliphatic carbocycles. The molecular formula is C13H19N. The van der Waals surface area contributed by atoms with E-state index in [1.165, 1.54) is 24.1 Å². The molecular weight excluding hydrogens is 170 g/mol. The molecule has 0 heterocycles. The highest BCUT2D eigenvalue weighted by atomic mass is 14.9. The molecule has 1 saturated carbocycles. The van der Waals surface area contributed by atoms with Gasteiger partial charge in [0.1, 0.15) is 0 Å². The largest absolute Gasteiger partial charge is 0.382 e. The van der Waals surface area contributed by atoms with Gasteiger partial charge in [-0.05, 0) is 49.8 Å². The van der Waals surface area contributed by atoms with E-state index in [9.17, 15) is 0 Å². The van der Waals surface area contributed by atoms with E-state index in [0.717, 1.165) is 12.3 Å². The van der Waals surface area contributed by atoms with Crippen LogP contribution in [0.15, 0.2) is 24.3 Å². The lowest BCUT2D eigenvalue weighted by atomic mass is 10.1. The molecule has 0 bridgehead atoms. The zero-order chi connectivity index (χ0) is 9.97. The molecule has 0 saturated heterocycles. The van der Waals surface area contributed by atoms with Crippen molar-refractivity contribution in [2.24, 2.45) is 5.92 Å². The lowest BCUT2D eigenvalue weighted by molar-refractivity contribution is 0.694. The molecule has 1 fully saturated rings. The Morgan fingerprint density at radius 2 is 2.21 bits per heavy atom. The number of rotatable bonds is 4. The van der Waals surface area contributed by atoms with Crippen molar-refractivity contribution in [1.82, 2.24) is 0 Å². The van der Waals surface area contributed by atoms with Crippen molar-refractivity contribution in [3.63, 3.8) is 0 Å². The molecule has 0 aliphatic heterocycles. The highest BCUT2D eigenvalue weighted by Crippen LogP contribution is 2.33. The van der Waals surface area contributed by atoms with E-state index < -0.39 is 0 Å². The minimum atomic E-state index is 0.641. The van der Waals surface area contributed by atoms with Crippen molar-refractivity contribution in [2.75, 3.05) is 5.32 Å². The second-order valence-electron chi connectivity index (χ2n) is 4.32. The maximum atomic E-state index is 3.58. The molecule has 0 unspecified atom stereocenters. The Kier molecular flexibility index (Phi) is 2.76. The summed E-state index contributed by atoms with van der Waals surface area (Å²) in [5.74, 6) is 0.917. The van der Waals surface area contributed by atoms with Gasteiger partial charge in [-0.15, -0.1) is 0 Å². The quantitative estimate of drug-likeness (QED) is 0.765. The zero-order valence-electron chi connectivity index (χ0n) is 9.09. The molecule has 2 rings (SSSR count). The third-order valence-electron chi connectivity index (χ3n) is 3.06. The van der Waals surface area contributed by atoms with Gasteiger partial charge >= 0.3 is 0 Å². The Bertz CT molecular complexity index is 302. The first-order chi connectivity index (χ1) is 6.79. The van der Waals surface area contributed by atoms with E-state index in [1.54, 1.807) is 0 Å². The number of anilines is 1. The van der Waals surface area contributed by atoms with Crippen molar-refractivity contribution in [3.05, 3.63) is 29.8 Å². The van der Waals surface area contributed by atoms with Gasteiger partial charge in [-0.25, -0.2) is 0 Å². The van der Waals surface area contributed by atoms with Crippen LogP contribution in [0.4, 0.5) is 5.69 Å². The molecule has 1 heteroatoms. The predicted molar refractivity (Wildman–Crippen MR) is 61.6 cm³/mol. The van der Waals surface area contributed by atoms with Crippen LogP contribution < -0.4 is 5.32 Å². The molecule has 1 nitrogen and oxygen atoms in total. The summed E-state index contributed by atoms with van der Waals surface area (Å²) in [6.45, 7) is 4.49. The third kappa shape index (κ3) is 2.28. The van der Waals surface area contributed by atoms with Gasteiger partial charge in [-0.3, -0.25) is 0 Å². The second-order valence-corrected chi connectivity index (χ2v) is 4.32. The molecule has 14 heavy (non-hydrogen) atoms.